The molecule has 0 spiro atoms. The van der Waals surface area contributed by atoms with Gasteiger partial charge in [-0.25, -0.2) is 9.59 Å². The highest BCUT2D eigenvalue weighted by Gasteiger charge is 2.52. The van der Waals surface area contributed by atoms with Crippen LogP contribution in [0.2, 0.25) is 0 Å². The lowest BCUT2D eigenvalue weighted by molar-refractivity contribution is -0.168. The van der Waals surface area contributed by atoms with Crippen molar-refractivity contribution in [1.82, 2.24) is 4.90 Å². The number of nitrogens with zero attached hydrogens (tertiary/aromatic N) is 3. The number of esters is 2. The van der Waals surface area contributed by atoms with E-state index < -0.39 is 18.2 Å². The molecule has 0 aliphatic carbocycles. The standard InChI is InChI=1S/C22H15N3O5/c1-12-19(21(28)30-22-16-5-3-2-4-15(16)20(27)29-22)25-17(10-18(25)26)24(12)14-8-6-13(11-23)7-9-14/h2-9,17,22H,10H2,1H3/t17-,22?/m0/s1. The van der Waals surface area contributed by atoms with Crippen LogP contribution in [-0.4, -0.2) is 28.9 Å². The number of hydrogen-bond donors (Lipinski definition) is 0. The average Bonchev–Trinajstić information content (AvgIpc) is 3.19. The maximum atomic E-state index is 13.0. The smallest absolute Gasteiger partial charge is 0.360 e. The molecule has 3 aliphatic heterocycles. The average molecular weight is 401 g/mol. The molecule has 148 valence electrons. The van der Waals surface area contributed by atoms with Crippen LogP contribution in [0.3, 0.4) is 0 Å². The number of rotatable bonds is 3. The monoisotopic (exact) mass is 401 g/mol. The maximum absolute atomic E-state index is 13.0. The summed E-state index contributed by atoms with van der Waals surface area (Å²) in [5, 5.41) is 9.00. The Morgan fingerprint density at radius 1 is 1.13 bits per heavy atom. The van der Waals surface area contributed by atoms with Gasteiger partial charge in [-0.2, -0.15) is 5.26 Å². The summed E-state index contributed by atoms with van der Waals surface area (Å²) in [7, 11) is 0. The number of anilines is 1. The number of ether oxygens (including phenoxy) is 2. The van der Waals surface area contributed by atoms with Gasteiger partial charge in [-0.05, 0) is 37.3 Å². The van der Waals surface area contributed by atoms with Gasteiger partial charge in [0.25, 0.3) is 6.29 Å². The first-order valence-electron chi connectivity index (χ1n) is 9.33. The van der Waals surface area contributed by atoms with Crippen LogP contribution in [-0.2, 0) is 19.1 Å². The molecule has 2 aromatic carbocycles. The molecule has 2 aromatic rings. The molecule has 0 saturated carbocycles. The largest absolute Gasteiger partial charge is 0.417 e. The van der Waals surface area contributed by atoms with E-state index >= 15 is 0 Å². The predicted molar refractivity (Wildman–Crippen MR) is 102 cm³/mol. The van der Waals surface area contributed by atoms with Gasteiger partial charge in [-0.15, -0.1) is 0 Å². The Bertz CT molecular complexity index is 1180. The van der Waals surface area contributed by atoms with Crippen LogP contribution < -0.4 is 4.90 Å². The Kier molecular flexibility index (Phi) is 3.86. The van der Waals surface area contributed by atoms with Gasteiger partial charge in [0.1, 0.15) is 6.17 Å². The Balaban J connectivity index is 1.46. The van der Waals surface area contributed by atoms with Crippen molar-refractivity contribution in [2.75, 3.05) is 4.90 Å². The van der Waals surface area contributed by atoms with Gasteiger partial charge in [-0.1, -0.05) is 18.2 Å². The number of amides is 1. The molecule has 8 heteroatoms. The van der Waals surface area contributed by atoms with E-state index in [9.17, 15) is 14.4 Å². The zero-order chi connectivity index (χ0) is 21.0. The van der Waals surface area contributed by atoms with Crippen molar-refractivity contribution in [2.45, 2.75) is 25.8 Å². The van der Waals surface area contributed by atoms with Crippen LogP contribution in [0.4, 0.5) is 5.69 Å². The quantitative estimate of drug-likeness (QED) is 0.576. The summed E-state index contributed by atoms with van der Waals surface area (Å²) in [6, 6.07) is 15.7. The summed E-state index contributed by atoms with van der Waals surface area (Å²) < 4.78 is 10.7. The lowest BCUT2D eigenvalue weighted by Crippen LogP contribution is -2.55. The van der Waals surface area contributed by atoms with E-state index in [-0.39, 0.29) is 24.2 Å². The summed E-state index contributed by atoms with van der Waals surface area (Å²) in [5.41, 5.74) is 2.78. The zero-order valence-electron chi connectivity index (χ0n) is 15.9. The van der Waals surface area contributed by atoms with Crippen molar-refractivity contribution < 1.29 is 23.9 Å². The highest BCUT2D eigenvalue weighted by atomic mass is 16.7. The normalized spacial score (nSPS) is 21.6. The summed E-state index contributed by atoms with van der Waals surface area (Å²) in [6.45, 7) is 1.73. The third-order valence-corrected chi connectivity index (χ3v) is 5.50. The second-order valence-corrected chi connectivity index (χ2v) is 7.14. The first kappa shape index (κ1) is 17.9. The molecule has 1 amide bonds. The summed E-state index contributed by atoms with van der Waals surface area (Å²) in [4.78, 5) is 40.5. The van der Waals surface area contributed by atoms with Crippen LogP contribution in [0.25, 0.3) is 0 Å². The zero-order valence-corrected chi connectivity index (χ0v) is 15.9. The van der Waals surface area contributed by atoms with Crippen molar-refractivity contribution in [3.05, 3.63) is 76.6 Å². The van der Waals surface area contributed by atoms with E-state index in [1.807, 2.05) is 4.90 Å². The van der Waals surface area contributed by atoms with Crippen molar-refractivity contribution >= 4 is 23.5 Å². The molecule has 0 radical (unpaired) electrons. The number of cyclic esters (lactones) is 1. The third-order valence-electron chi connectivity index (χ3n) is 5.50. The fourth-order valence-electron chi connectivity index (χ4n) is 4.05. The van der Waals surface area contributed by atoms with E-state index in [0.29, 0.717) is 22.4 Å². The first-order chi connectivity index (χ1) is 14.5. The molecular formula is C22H15N3O5. The van der Waals surface area contributed by atoms with Crippen LogP contribution >= 0.6 is 0 Å². The van der Waals surface area contributed by atoms with Gasteiger partial charge in [0.15, 0.2) is 5.70 Å². The van der Waals surface area contributed by atoms with Gasteiger partial charge in [0.05, 0.1) is 23.6 Å². The third kappa shape index (κ3) is 2.49. The summed E-state index contributed by atoms with van der Waals surface area (Å²) in [6.07, 6.45) is -1.22. The van der Waals surface area contributed by atoms with Crippen molar-refractivity contribution in [3.63, 3.8) is 0 Å². The number of allylic oxidation sites excluding steroid dienone is 1. The first-order valence-corrected chi connectivity index (χ1v) is 9.33. The highest BCUT2D eigenvalue weighted by molar-refractivity contribution is 6.01. The number of benzene rings is 2. The topological polar surface area (TPSA) is 99.9 Å². The minimum absolute atomic E-state index is 0.126. The number of nitriles is 1. The van der Waals surface area contributed by atoms with E-state index in [4.69, 9.17) is 14.7 Å². The molecule has 1 saturated heterocycles. The Hall–Kier alpha value is -4.12. The molecule has 1 unspecified atom stereocenters. The van der Waals surface area contributed by atoms with Gasteiger partial charge >= 0.3 is 11.9 Å². The van der Waals surface area contributed by atoms with Crippen molar-refractivity contribution in [3.8, 4) is 6.07 Å². The molecular weight excluding hydrogens is 386 g/mol. The van der Waals surface area contributed by atoms with Crippen LogP contribution in [0.15, 0.2) is 59.9 Å². The van der Waals surface area contributed by atoms with E-state index in [2.05, 4.69) is 6.07 Å². The maximum Gasteiger partial charge on any atom is 0.360 e. The minimum atomic E-state index is -1.15. The number of hydrogen-bond acceptors (Lipinski definition) is 7. The molecule has 0 aromatic heterocycles. The summed E-state index contributed by atoms with van der Waals surface area (Å²) >= 11 is 0. The van der Waals surface area contributed by atoms with Crippen molar-refractivity contribution in [2.24, 2.45) is 0 Å². The Morgan fingerprint density at radius 3 is 2.57 bits per heavy atom. The lowest BCUT2D eigenvalue weighted by atomic mass is 10.1. The van der Waals surface area contributed by atoms with Crippen LogP contribution in [0.1, 0.15) is 41.1 Å². The van der Waals surface area contributed by atoms with E-state index in [1.54, 1.807) is 55.5 Å². The number of carbonyl (C=O) groups excluding carboxylic acids is 3. The molecule has 1 fully saturated rings. The highest BCUT2D eigenvalue weighted by Crippen LogP contribution is 2.43. The molecule has 3 aliphatic rings. The fourth-order valence-corrected chi connectivity index (χ4v) is 4.05. The second-order valence-electron chi connectivity index (χ2n) is 7.14. The van der Waals surface area contributed by atoms with Gasteiger partial charge in [0.2, 0.25) is 5.91 Å². The number of fused-ring (bicyclic) bond motifs is 2. The van der Waals surface area contributed by atoms with Crippen LogP contribution in [0, 0.1) is 11.3 Å². The second kappa shape index (κ2) is 6.46. The summed E-state index contributed by atoms with van der Waals surface area (Å²) in [5.74, 6) is -1.49. The molecule has 0 bridgehead atoms. The number of carbonyl (C=O) groups is 3. The molecule has 3 heterocycles. The van der Waals surface area contributed by atoms with E-state index in [1.165, 1.54) is 4.90 Å². The Labute approximate surface area is 171 Å². The van der Waals surface area contributed by atoms with Gasteiger partial charge < -0.3 is 14.4 Å². The lowest BCUT2D eigenvalue weighted by Gasteiger charge is -2.40. The van der Waals surface area contributed by atoms with Crippen LogP contribution in [0.5, 0.6) is 0 Å². The van der Waals surface area contributed by atoms with Crippen molar-refractivity contribution in [1.29, 1.82) is 5.26 Å². The van der Waals surface area contributed by atoms with Gasteiger partial charge in [-0.3, -0.25) is 9.69 Å². The molecule has 2 atom stereocenters. The van der Waals surface area contributed by atoms with E-state index in [0.717, 1.165) is 5.69 Å². The minimum Gasteiger partial charge on any atom is -0.417 e. The molecule has 5 rings (SSSR count). The SMILES string of the molecule is CC1=C(C(=O)OC2OC(=O)c3ccccc32)N2C(=O)C[C@H]2N1c1ccc(C#N)cc1. The molecule has 0 N–H and O–H groups in total. The predicted octanol–water partition coefficient (Wildman–Crippen LogP) is 2.58. The Morgan fingerprint density at radius 2 is 1.87 bits per heavy atom. The fraction of sp³-hybridized carbons (Fsp3) is 0.182. The number of β-lactam (4-membered cyclic amide) rings is 1. The van der Waals surface area contributed by atoms with Gasteiger partial charge in [0, 0.05) is 16.9 Å². The molecule has 30 heavy (non-hydrogen) atoms. The molecule has 8 nitrogen and oxygen atoms in total.